The first-order valence-corrected chi connectivity index (χ1v) is 12.9. The van der Waals surface area contributed by atoms with Crippen molar-refractivity contribution in [1.29, 1.82) is 0 Å². The van der Waals surface area contributed by atoms with Crippen LogP contribution in [0.4, 0.5) is 10.6 Å². The molecule has 0 saturated carbocycles. The van der Waals surface area contributed by atoms with Crippen LogP contribution in [0.3, 0.4) is 0 Å². The van der Waals surface area contributed by atoms with Gasteiger partial charge in [0.15, 0.2) is 0 Å². The van der Waals surface area contributed by atoms with Gasteiger partial charge in [-0.05, 0) is 53.8 Å². The third-order valence-corrected chi connectivity index (χ3v) is 8.00. The van der Waals surface area contributed by atoms with Crippen molar-refractivity contribution in [2.75, 3.05) is 25.4 Å². The number of hydrogen-bond donors (Lipinski definition) is 2. The Morgan fingerprint density at radius 3 is 2.62 bits per heavy atom. The lowest BCUT2D eigenvalue weighted by atomic mass is 10.0. The largest absolute Gasteiger partial charge is 0.449 e. The first-order valence-electron chi connectivity index (χ1n) is 11.5. The molecular formula is C25H30N4O4S. The number of aryl methyl sites for hydroxylation is 1. The molecular weight excluding hydrogens is 452 g/mol. The number of hydrogen-bond acceptors (Lipinski definition) is 6. The lowest BCUT2D eigenvalue weighted by Crippen LogP contribution is -2.51. The van der Waals surface area contributed by atoms with Crippen molar-refractivity contribution in [2.24, 2.45) is 11.7 Å². The Bertz CT molecular complexity index is 1300. The molecule has 0 aliphatic carbocycles. The number of carbonyl (C=O) groups is 1. The predicted octanol–water partition coefficient (Wildman–Crippen LogP) is 3.93. The third-order valence-electron chi connectivity index (χ3n) is 6.17. The van der Waals surface area contributed by atoms with Crippen LogP contribution in [0.25, 0.3) is 22.0 Å². The molecule has 0 bridgehead atoms. The second-order valence-electron chi connectivity index (χ2n) is 8.74. The van der Waals surface area contributed by atoms with Gasteiger partial charge in [0, 0.05) is 24.4 Å². The number of primary amides is 1. The van der Waals surface area contributed by atoms with E-state index in [0.29, 0.717) is 18.9 Å². The van der Waals surface area contributed by atoms with Gasteiger partial charge < -0.3 is 16.2 Å². The molecule has 1 aromatic heterocycles. The summed E-state index contributed by atoms with van der Waals surface area (Å²) in [6.45, 7) is 2.87. The van der Waals surface area contributed by atoms with Gasteiger partial charge in [-0.25, -0.2) is 18.2 Å². The Morgan fingerprint density at radius 2 is 1.88 bits per heavy atom. The normalized spacial score (nSPS) is 14.7. The monoisotopic (exact) mass is 482 g/mol. The van der Waals surface area contributed by atoms with Crippen LogP contribution in [0, 0.1) is 5.92 Å². The average Bonchev–Trinajstić information content (AvgIpc) is 2.78. The predicted molar refractivity (Wildman–Crippen MR) is 133 cm³/mol. The molecule has 180 valence electrons. The topological polar surface area (TPSA) is 129 Å². The van der Waals surface area contributed by atoms with Crippen LogP contribution in [-0.2, 0) is 21.2 Å². The molecule has 1 amide bonds. The van der Waals surface area contributed by atoms with E-state index >= 15 is 0 Å². The molecule has 1 fully saturated rings. The van der Waals surface area contributed by atoms with Gasteiger partial charge in [-0.15, -0.1) is 0 Å². The highest BCUT2D eigenvalue weighted by atomic mass is 32.2. The fraction of sp³-hybridized carbons (Fsp3) is 0.360. The number of nitrogens with zero attached hydrogens (tertiary/aromatic N) is 2. The summed E-state index contributed by atoms with van der Waals surface area (Å²) < 4.78 is 32.2. The number of aromatic nitrogens is 1. The van der Waals surface area contributed by atoms with Crippen molar-refractivity contribution in [1.82, 2.24) is 9.29 Å². The van der Waals surface area contributed by atoms with Crippen LogP contribution in [0.15, 0.2) is 53.4 Å². The molecule has 1 aliphatic heterocycles. The maximum atomic E-state index is 13.0. The minimum Gasteiger partial charge on any atom is -0.449 e. The van der Waals surface area contributed by atoms with E-state index in [1.807, 2.05) is 24.3 Å². The Kier molecular flexibility index (Phi) is 7.04. The highest BCUT2D eigenvalue weighted by Gasteiger charge is 2.37. The smallest absolute Gasteiger partial charge is 0.404 e. The zero-order chi connectivity index (χ0) is 24.3. The van der Waals surface area contributed by atoms with Crippen molar-refractivity contribution in [3.8, 4) is 11.1 Å². The van der Waals surface area contributed by atoms with Crippen molar-refractivity contribution >= 4 is 32.8 Å². The Hall–Kier alpha value is -3.17. The van der Waals surface area contributed by atoms with Crippen LogP contribution < -0.4 is 11.5 Å². The summed E-state index contributed by atoms with van der Waals surface area (Å²) in [6, 6.07) is 14.9. The van der Waals surface area contributed by atoms with E-state index in [2.05, 4.69) is 18.0 Å². The number of anilines is 1. The molecule has 2 aromatic carbocycles. The summed E-state index contributed by atoms with van der Waals surface area (Å²) in [5.74, 6) is 0.499. The van der Waals surface area contributed by atoms with Gasteiger partial charge in [0.1, 0.15) is 5.82 Å². The number of ether oxygens (including phenoxy) is 1. The molecule has 3 aromatic rings. The Morgan fingerprint density at radius 1 is 1.12 bits per heavy atom. The highest BCUT2D eigenvalue weighted by molar-refractivity contribution is 7.89. The molecule has 8 nitrogen and oxygen atoms in total. The van der Waals surface area contributed by atoms with Crippen LogP contribution in [-0.4, -0.2) is 43.5 Å². The minimum atomic E-state index is -3.64. The zero-order valence-corrected chi connectivity index (χ0v) is 20.1. The van der Waals surface area contributed by atoms with Gasteiger partial charge in [-0.2, -0.15) is 4.31 Å². The molecule has 0 atom stereocenters. The maximum absolute atomic E-state index is 13.0. The SMILES string of the molecule is CCCCCc1cc2ccc(-c3cccc(S(=O)(=O)N4CC(COC(N)=O)C4)c3)cc2nc1N. The lowest BCUT2D eigenvalue weighted by Gasteiger charge is -2.37. The summed E-state index contributed by atoms with van der Waals surface area (Å²) in [5, 5.41) is 1.01. The van der Waals surface area contributed by atoms with E-state index in [1.165, 1.54) is 4.31 Å². The van der Waals surface area contributed by atoms with Crippen LogP contribution in [0.2, 0.25) is 0 Å². The quantitative estimate of drug-likeness (QED) is 0.445. The van der Waals surface area contributed by atoms with Crippen LogP contribution in [0.1, 0.15) is 31.7 Å². The van der Waals surface area contributed by atoms with Gasteiger partial charge >= 0.3 is 6.09 Å². The van der Waals surface area contributed by atoms with Crippen molar-refractivity contribution in [3.05, 3.63) is 54.1 Å². The Balaban J connectivity index is 1.53. The number of rotatable bonds is 9. The van der Waals surface area contributed by atoms with Crippen molar-refractivity contribution in [2.45, 2.75) is 37.5 Å². The summed E-state index contributed by atoms with van der Waals surface area (Å²) in [6.07, 6.45) is 3.46. The summed E-state index contributed by atoms with van der Waals surface area (Å²) in [4.78, 5) is 15.6. The van der Waals surface area contributed by atoms with E-state index in [0.717, 1.165) is 53.3 Å². The molecule has 4 N–H and O–H groups in total. The third kappa shape index (κ3) is 5.15. The molecule has 0 radical (unpaired) electrons. The number of amides is 1. The average molecular weight is 483 g/mol. The van der Waals surface area contributed by atoms with E-state index in [1.54, 1.807) is 18.2 Å². The second kappa shape index (κ2) is 9.99. The van der Waals surface area contributed by atoms with Gasteiger partial charge in [-0.3, -0.25) is 0 Å². The zero-order valence-electron chi connectivity index (χ0n) is 19.2. The molecule has 1 saturated heterocycles. The van der Waals surface area contributed by atoms with Crippen LogP contribution >= 0.6 is 0 Å². The van der Waals surface area contributed by atoms with Gasteiger partial charge in [0.2, 0.25) is 10.0 Å². The highest BCUT2D eigenvalue weighted by Crippen LogP contribution is 2.30. The van der Waals surface area contributed by atoms with E-state index in [4.69, 9.17) is 16.2 Å². The Labute approximate surface area is 200 Å². The van der Waals surface area contributed by atoms with Crippen molar-refractivity contribution in [3.63, 3.8) is 0 Å². The summed E-state index contributed by atoms with van der Waals surface area (Å²) in [7, 11) is -3.64. The molecule has 0 spiro atoms. The van der Waals surface area contributed by atoms with Crippen LogP contribution in [0.5, 0.6) is 0 Å². The van der Waals surface area contributed by atoms with E-state index in [9.17, 15) is 13.2 Å². The number of benzene rings is 2. The first kappa shape index (κ1) is 24.0. The fourth-order valence-corrected chi connectivity index (χ4v) is 5.82. The number of fused-ring (bicyclic) bond motifs is 1. The fourth-order valence-electron chi connectivity index (χ4n) is 4.18. The molecule has 1 aliphatic rings. The molecule has 4 rings (SSSR count). The van der Waals surface area contributed by atoms with Gasteiger partial charge in [-0.1, -0.05) is 44.0 Å². The molecule has 9 heteroatoms. The molecule has 34 heavy (non-hydrogen) atoms. The van der Waals surface area contributed by atoms with Gasteiger partial charge in [0.25, 0.3) is 0 Å². The van der Waals surface area contributed by atoms with Gasteiger partial charge in [0.05, 0.1) is 17.0 Å². The molecule has 0 unspecified atom stereocenters. The lowest BCUT2D eigenvalue weighted by molar-refractivity contribution is 0.0887. The standard InChI is InChI=1S/C25H30N4O4S/c1-2-3-4-6-21-11-20-10-9-19(13-23(20)28-24(21)26)18-7-5-8-22(12-18)34(31,32)29-14-17(15-29)16-33-25(27)30/h5,7-13,17H,2-4,6,14-16H2,1H3,(H2,26,28)(H2,27,30). The molecule has 2 heterocycles. The number of pyridine rings is 1. The van der Waals surface area contributed by atoms with E-state index < -0.39 is 16.1 Å². The van der Waals surface area contributed by atoms with Crippen molar-refractivity contribution < 1.29 is 17.9 Å². The summed E-state index contributed by atoms with van der Waals surface area (Å²) in [5.41, 5.74) is 14.7. The van der Waals surface area contributed by atoms with E-state index in [-0.39, 0.29) is 17.4 Å². The second-order valence-corrected chi connectivity index (χ2v) is 10.7. The number of nitrogens with two attached hydrogens (primary N) is 2. The summed E-state index contributed by atoms with van der Waals surface area (Å²) >= 11 is 0. The number of carbonyl (C=O) groups excluding carboxylic acids is 1. The number of unbranched alkanes of at least 4 members (excludes halogenated alkanes) is 2. The first-order chi connectivity index (χ1) is 16.3. The maximum Gasteiger partial charge on any atom is 0.404 e. The number of nitrogen functional groups attached to an aromatic ring is 1. The minimum absolute atomic E-state index is 0.0469. The number of sulfonamides is 1.